The van der Waals surface area contributed by atoms with E-state index in [1.54, 1.807) is 48.5 Å². The first-order chi connectivity index (χ1) is 17.9. The fourth-order valence-electron chi connectivity index (χ4n) is 3.55. The maximum atomic E-state index is 13.3. The molecule has 0 saturated carbocycles. The lowest BCUT2D eigenvalue weighted by Gasteiger charge is -2.17. The Labute approximate surface area is 213 Å². The predicted molar refractivity (Wildman–Crippen MR) is 133 cm³/mol. The molecule has 0 aliphatic heterocycles. The van der Waals surface area contributed by atoms with Crippen molar-refractivity contribution in [2.24, 2.45) is 0 Å². The third-order valence-electron chi connectivity index (χ3n) is 5.06. The van der Waals surface area contributed by atoms with Crippen LogP contribution in [0.1, 0.15) is 23.1 Å². The van der Waals surface area contributed by atoms with Crippen LogP contribution in [0, 0.1) is 0 Å². The number of hydrogen-bond donors (Lipinski definition) is 1. The Kier molecular flexibility index (Phi) is 7.63. The molecule has 3 aromatic heterocycles. The first-order valence-electron chi connectivity index (χ1n) is 11.1. The Morgan fingerprint density at radius 3 is 2.38 bits per heavy atom. The van der Waals surface area contributed by atoms with Crippen LogP contribution < -0.4 is 18.9 Å². The summed E-state index contributed by atoms with van der Waals surface area (Å²) in [7, 11) is -1.20. The van der Waals surface area contributed by atoms with Gasteiger partial charge in [-0.3, -0.25) is 14.3 Å². The molecule has 4 rings (SSSR count). The summed E-state index contributed by atoms with van der Waals surface area (Å²) < 4.78 is 45.5. The number of benzene rings is 1. The minimum absolute atomic E-state index is 0.138. The molecule has 12 nitrogen and oxygen atoms in total. The van der Waals surface area contributed by atoms with Gasteiger partial charge in [0.15, 0.2) is 5.82 Å². The van der Waals surface area contributed by atoms with Gasteiger partial charge in [0.2, 0.25) is 21.7 Å². The molecule has 37 heavy (non-hydrogen) atoms. The lowest BCUT2D eigenvalue weighted by molar-refractivity contribution is 0.0969. The number of nitrogens with one attached hydrogen (secondary N) is 1. The van der Waals surface area contributed by atoms with Gasteiger partial charge in [0.25, 0.3) is 0 Å². The van der Waals surface area contributed by atoms with Crippen LogP contribution >= 0.6 is 0 Å². The highest BCUT2D eigenvalue weighted by Crippen LogP contribution is 2.36. The van der Waals surface area contributed by atoms with Gasteiger partial charge >= 0.3 is 5.91 Å². The van der Waals surface area contributed by atoms with Crippen molar-refractivity contribution >= 4 is 15.9 Å². The van der Waals surface area contributed by atoms with Crippen molar-refractivity contribution in [2.75, 3.05) is 20.8 Å². The number of ether oxygens (including phenoxy) is 3. The zero-order chi connectivity index (χ0) is 26.4. The molecule has 13 heteroatoms. The van der Waals surface area contributed by atoms with Crippen LogP contribution in [-0.2, 0) is 15.8 Å². The van der Waals surface area contributed by atoms with E-state index in [-0.39, 0.29) is 17.3 Å². The molecule has 1 N–H and O–H groups in total. The number of carbonyl (C=O) groups is 1. The minimum atomic E-state index is -4.10. The minimum Gasteiger partial charge on any atom is -0.494 e. The third-order valence-corrected chi connectivity index (χ3v) is 6.27. The normalized spacial score (nSPS) is 11.1. The average Bonchev–Trinajstić information content (AvgIpc) is 3.33. The first kappa shape index (κ1) is 25.6. The lowest BCUT2D eigenvalue weighted by atomic mass is 10.2. The first-order valence-corrected chi connectivity index (χ1v) is 12.7. The highest BCUT2D eigenvalue weighted by Gasteiger charge is 2.29. The van der Waals surface area contributed by atoms with Crippen LogP contribution in [0.3, 0.4) is 0 Å². The van der Waals surface area contributed by atoms with Gasteiger partial charge in [-0.1, -0.05) is 18.2 Å². The molecule has 0 atom stereocenters. The van der Waals surface area contributed by atoms with E-state index in [1.165, 1.54) is 31.2 Å². The van der Waals surface area contributed by atoms with E-state index < -0.39 is 21.7 Å². The van der Waals surface area contributed by atoms with E-state index >= 15 is 0 Å². The number of sulfonamides is 1. The van der Waals surface area contributed by atoms with Gasteiger partial charge in [-0.05, 0) is 36.8 Å². The highest BCUT2D eigenvalue weighted by atomic mass is 32.2. The van der Waals surface area contributed by atoms with Crippen molar-refractivity contribution in [3.63, 3.8) is 0 Å². The monoisotopic (exact) mass is 524 g/mol. The van der Waals surface area contributed by atoms with Gasteiger partial charge in [-0.25, -0.2) is 18.1 Å². The highest BCUT2D eigenvalue weighted by molar-refractivity contribution is 7.89. The third kappa shape index (κ3) is 5.67. The summed E-state index contributed by atoms with van der Waals surface area (Å²) in [5, 5.41) is 8.19. The average molecular weight is 525 g/mol. The fraction of sp³-hybridized carbons (Fsp3) is 0.208. The SMILES string of the molecule is CCOc1cccc(-c2nnc(C(=O)NS(=O)(=O)Cc3cccnc3)n2-c2c(OC)cccc2OC)n1. The summed E-state index contributed by atoms with van der Waals surface area (Å²) in [6.07, 6.45) is 2.93. The number of hydrogen-bond acceptors (Lipinski definition) is 10. The number of pyridine rings is 2. The summed E-state index contributed by atoms with van der Waals surface area (Å²) in [6.45, 7) is 2.22. The molecule has 3 heterocycles. The molecule has 4 aromatic rings. The van der Waals surface area contributed by atoms with Crippen LogP contribution in [-0.4, -0.2) is 59.9 Å². The number of methoxy groups -OCH3 is 2. The van der Waals surface area contributed by atoms with Crippen molar-refractivity contribution in [1.82, 2.24) is 29.5 Å². The second-order valence-electron chi connectivity index (χ2n) is 7.54. The molecule has 0 radical (unpaired) electrons. The van der Waals surface area contributed by atoms with Crippen LogP contribution in [0.5, 0.6) is 17.4 Å². The van der Waals surface area contributed by atoms with Crippen molar-refractivity contribution < 1.29 is 27.4 Å². The summed E-state index contributed by atoms with van der Waals surface area (Å²) in [5.74, 6) is -0.649. The standard InChI is InChI=1S/C24H24N6O6S/c1-4-36-20-12-5-9-17(26-20)22-27-28-23(30(22)21-18(34-2)10-6-11-19(21)35-3)24(31)29-37(32,33)15-16-8-7-13-25-14-16/h5-14H,4,15H2,1-3H3,(H,29,31). The Balaban J connectivity index is 1.84. The molecular weight excluding hydrogens is 500 g/mol. The molecule has 0 spiro atoms. The molecule has 0 bridgehead atoms. The van der Waals surface area contributed by atoms with Crippen molar-refractivity contribution in [1.29, 1.82) is 0 Å². The van der Waals surface area contributed by atoms with Crippen LogP contribution in [0.2, 0.25) is 0 Å². The van der Waals surface area contributed by atoms with E-state index in [0.717, 1.165) is 0 Å². The molecule has 0 aliphatic rings. The van der Waals surface area contributed by atoms with Crippen LogP contribution in [0.4, 0.5) is 0 Å². The summed E-state index contributed by atoms with van der Waals surface area (Å²) in [4.78, 5) is 21.7. The van der Waals surface area contributed by atoms with Gasteiger partial charge in [-0.15, -0.1) is 10.2 Å². The smallest absolute Gasteiger partial charge is 0.303 e. The zero-order valence-corrected chi connectivity index (χ0v) is 21.1. The number of rotatable bonds is 10. The predicted octanol–water partition coefficient (Wildman–Crippen LogP) is 2.40. The fourth-order valence-corrected chi connectivity index (χ4v) is 4.61. The summed E-state index contributed by atoms with van der Waals surface area (Å²) in [6, 6.07) is 13.3. The van der Waals surface area contributed by atoms with E-state index in [0.29, 0.717) is 35.2 Å². The topological polar surface area (TPSA) is 147 Å². The summed E-state index contributed by atoms with van der Waals surface area (Å²) >= 11 is 0. The van der Waals surface area contributed by atoms with Crippen LogP contribution in [0.15, 0.2) is 60.9 Å². The largest absolute Gasteiger partial charge is 0.494 e. The maximum Gasteiger partial charge on any atom is 0.303 e. The molecule has 0 saturated heterocycles. The quantitative estimate of drug-likeness (QED) is 0.328. The second kappa shape index (κ2) is 11.0. The summed E-state index contributed by atoms with van der Waals surface area (Å²) in [5.41, 5.74) is 1.02. The van der Waals surface area contributed by atoms with E-state index in [9.17, 15) is 13.2 Å². The molecule has 1 aromatic carbocycles. The number of amides is 1. The van der Waals surface area contributed by atoms with E-state index in [1.807, 2.05) is 6.92 Å². The Morgan fingerprint density at radius 1 is 1.00 bits per heavy atom. The maximum absolute atomic E-state index is 13.3. The van der Waals surface area contributed by atoms with E-state index in [2.05, 4.69) is 24.9 Å². The molecular formula is C24H24N6O6S. The van der Waals surface area contributed by atoms with Crippen molar-refractivity contribution in [2.45, 2.75) is 12.7 Å². The second-order valence-corrected chi connectivity index (χ2v) is 9.26. The molecule has 0 aliphatic carbocycles. The Bertz CT molecular complexity index is 1490. The molecule has 0 unspecified atom stereocenters. The number of aromatic nitrogens is 5. The van der Waals surface area contributed by atoms with Gasteiger partial charge in [0.1, 0.15) is 22.9 Å². The van der Waals surface area contributed by atoms with Gasteiger partial charge < -0.3 is 14.2 Å². The van der Waals surface area contributed by atoms with Crippen molar-refractivity contribution in [3.05, 3.63) is 72.3 Å². The number of nitrogens with zero attached hydrogens (tertiary/aromatic N) is 5. The van der Waals surface area contributed by atoms with Crippen molar-refractivity contribution in [3.8, 4) is 34.6 Å². The molecule has 0 fully saturated rings. The van der Waals surface area contributed by atoms with Crippen LogP contribution in [0.25, 0.3) is 17.2 Å². The van der Waals surface area contributed by atoms with Gasteiger partial charge in [0.05, 0.1) is 26.6 Å². The lowest BCUT2D eigenvalue weighted by Crippen LogP contribution is -2.33. The zero-order valence-electron chi connectivity index (χ0n) is 20.3. The van der Waals surface area contributed by atoms with Gasteiger partial charge in [-0.2, -0.15) is 0 Å². The Morgan fingerprint density at radius 2 is 1.73 bits per heavy atom. The number of carbonyl (C=O) groups excluding carboxylic acids is 1. The Hall–Kier alpha value is -4.52. The molecule has 1 amide bonds. The number of para-hydroxylation sites is 1. The molecule has 192 valence electrons. The van der Waals surface area contributed by atoms with E-state index in [4.69, 9.17) is 14.2 Å². The van der Waals surface area contributed by atoms with Gasteiger partial charge in [0, 0.05) is 18.5 Å².